The second-order valence-corrected chi connectivity index (χ2v) is 11.2. The summed E-state index contributed by atoms with van der Waals surface area (Å²) in [5, 5.41) is 7.80. The maximum absolute atomic E-state index is 14.7. The van der Waals surface area contributed by atoms with Crippen molar-refractivity contribution in [2.75, 3.05) is 6.54 Å². The molecule has 3 aromatic carbocycles. The number of hydrogen-bond acceptors (Lipinski definition) is 3. The third kappa shape index (κ3) is 3.88. The molecule has 3 heterocycles. The Kier molecular flexibility index (Phi) is 6.12. The van der Waals surface area contributed by atoms with E-state index in [0.717, 1.165) is 24.1 Å². The molecule has 0 bridgehead atoms. The monoisotopic (exact) mass is 492 g/mol. The zero-order chi connectivity index (χ0) is 25.7. The number of hydrogen-bond donors (Lipinski definition) is 2. The molecule has 0 unspecified atom stereocenters. The van der Waals surface area contributed by atoms with Crippen LogP contribution >= 0.6 is 0 Å². The molecule has 0 radical (unpaired) electrons. The van der Waals surface area contributed by atoms with Crippen molar-refractivity contribution in [3.63, 3.8) is 0 Å². The molecule has 3 saturated heterocycles. The van der Waals surface area contributed by atoms with Crippen LogP contribution in [0.4, 0.5) is 0 Å². The van der Waals surface area contributed by atoms with Gasteiger partial charge in [-0.25, -0.2) is 0 Å². The van der Waals surface area contributed by atoms with E-state index in [1.807, 2.05) is 24.3 Å². The number of nitrogens with two attached hydrogens (primary N) is 1. The van der Waals surface area contributed by atoms with Crippen LogP contribution in [0.15, 0.2) is 84.9 Å². The maximum Gasteiger partial charge on any atom is 0.229 e. The van der Waals surface area contributed by atoms with Crippen molar-refractivity contribution in [2.45, 2.75) is 50.9 Å². The van der Waals surface area contributed by atoms with E-state index in [-0.39, 0.29) is 35.8 Å². The standard InChI is InChI=1S/C32H36N4O/c1-20(2)28-26-25-14-9-19-35(25)30(23-15-17-24(18-16-23)31(33)34)27(26)32(37)36(28)29(21-10-5-3-6-11-21)22-12-7-4-8-13-22/h3-8,10-13,15-18,20,25-30H,9,14,19H2,1-2H3,(H3,33,34)/t25-,26-,27-,28+,30-/m1/s1. The van der Waals surface area contributed by atoms with Gasteiger partial charge in [0.2, 0.25) is 5.91 Å². The van der Waals surface area contributed by atoms with E-state index in [0.29, 0.717) is 17.9 Å². The highest BCUT2D eigenvalue weighted by molar-refractivity contribution is 5.95. The van der Waals surface area contributed by atoms with Crippen molar-refractivity contribution in [1.29, 1.82) is 5.41 Å². The highest BCUT2D eigenvalue weighted by Gasteiger charge is 2.64. The van der Waals surface area contributed by atoms with E-state index < -0.39 is 0 Å². The number of amides is 1. The van der Waals surface area contributed by atoms with E-state index in [9.17, 15) is 4.79 Å². The van der Waals surface area contributed by atoms with Gasteiger partial charge in [-0.05, 0) is 42.0 Å². The van der Waals surface area contributed by atoms with Crippen LogP contribution in [0.25, 0.3) is 0 Å². The largest absolute Gasteiger partial charge is 0.384 e. The fraction of sp³-hybridized carbons (Fsp3) is 0.375. The van der Waals surface area contributed by atoms with Crippen molar-refractivity contribution in [3.8, 4) is 0 Å². The van der Waals surface area contributed by atoms with Crippen molar-refractivity contribution in [3.05, 3.63) is 107 Å². The van der Waals surface area contributed by atoms with Crippen molar-refractivity contribution in [1.82, 2.24) is 9.80 Å². The summed E-state index contributed by atoms with van der Waals surface area (Å²) in [5.74, 6) is 0.913. The zero-order valence-electron chi connectivity index (χ0n) is 21.6. The highest BCUT2D eigenvalue weighted by atomic mass is 16.2. The Hall–Kier alpha value is -3.44. The molecule has 0 saturated carbocycles. The Morgan fingerprint density at radius 3 is 2.05 bits per heavy atom. The minimum absolute atomic E-state index is 0.0597. The van der Waals surface area contributed by atoms with Gasteiger partial charge in [-0.1, -0.05) is 98.8 Å². The van der Waals surface area contributed by atoms with Crippen molar-refractivity contribution >= 4 is 11.7 Å². The first-order valence-corrected chi connectivity index (χ1v) is 13.6. The SMILES string of the molecule is CC(C)[C@H]1[C@H]2[C@@H](C(=O)N1C(c1ccccc1)c1ccccc1)[C@@H](c1ccc(C(=N)N)cc1)N1CCC[C@H]21. The molecule has 37 heavy (non-hydrogen) atoms. The molecule has 0 aromatic heterocycles. The number of carbonyl (C=O) groups excluding carboxylic acids is 1. The Bertz CT molecular complexity index is 1230. The van der Waals surface area contributed by atoms with Crippen LogP contribution in [-0.4, -0.2) is 40.2 Å². The predicted octanol–water partition coefficient (Wildman–Crippen LogP) is 5.38. The predicted molar refractivity (Wildman–Crippen MR) is 147 cm³/mol. The number of nitrogens with one attached hydrogen (secondary N) is 1. The van der Waals surface area contributed by atoms with E-state index in [4.69, 9.17) is 11.1 Å². The summed E-state index contributed by atoms with van der Waals surface area (Å²) < 4.78 is 0. The van der Waals surface area contributed by atoms with Gasteiger partial charge in [0.1, 0.15) is 5.84 Å². The fourth-order valence-electron chi connectivity index (χ4n) is 7.58. The molecule has 3 aliphatic rings. The highest BCUT2D eigenvalue weighted by Crippen LogP contribution is 2.58. The van der Waals surface area contributed by atoms with Gasteiger partial charge in [0.15, 0.2) is 0 Å². The van der Waals surface area contributed by atoms with Crippen LogP contribution in [0.3, 0.4) is 0 Å². The summed E-state index contributed by atoms with van der Waals surface area (Å²) in [7, 11) is 0. The minimum Gasteiger partial charge on any atom is -0.384 e. The number of amidine groups is 1. The third-order valence-corrected chi connectivity index (χ3v) is 8.91. The normalized spacial score (nSPS) is 27.2. The third-order valence-electron chi connectivity index (χ3n) is 8.91. The lowest BCUT2D eigenvalue weighted by molar-refractivity contribution is -0.135. The van der Waals surface area contributed by atoms with Gasteiger partial charge in [0.05, 0.1) is 12.0 Å². The summed E-state index contributed by atoms with van der Waals surface area (Å²) in [5.41, 5.74) is 9.96. The molecule has 6 rings (SSSR count). The molecule has 3 aromatic rings. The fourth-order valence-corrected chi connectivity index (χ4v) is 7.58. The molecule has 3 aliphatic heterocycles. The van der Waals surface area contributed by atoms with Gasteiger partial charge in [-0.3, -0.25) is 15.1 Å². The van der Waals surface area contributed by atoms with Crippen LogP contribution in [0.2, 0.25) is 0 Å². The van der Waals surface area contributed by atoms with Crippen LogP contribution < -0.4 is 5.73 Å². The van der Waals surface area contributed by atoms with Crippen molar-refractivity contribution in [2.24, 2.45) is 23.5 Å². The van der Waals surface area contributed by atoms with Gasteiger partial charge in [0.25, 0.3) is 0 Å². The molecular weight excluding hydrogens is 456 g/mol. The minimum atomic E-state index is -0.108. The topological polar surface area (TPSA) is 73.4 Å². The molecule has 5 nitrogen and oxygen atoms in total. The van der Waals surface area contributed by atoms with E-state index >= 15 is 0 Å². The molecule has 0 aliphatic carbocycles. The van der Waals surface area contributed by atoms with Gasteiger partial charge in [-0.2, -0.15) is 0 Å². The second kappa shape index (κ2) is 9.46. The lowest BCUT2D eigenvalue weighted by Crippen LogP contribution is -2.46. The van der Waals surface area contributed by atoms with Gasteiger partial charge >= 0.3 is 0 Å². The Morgan fingerprint density at radius 1 is 0.919 bits per heavy atom. The number of nitrogen functional groups attached to an aromatic ring is 1. The Morgan fingerprint density at radius 2 is 1.51 bits per heavy atom. The van der Waals surface area contributed by atoms with Gasteiger partial charge in [0, 0.05) is 29.6 Å². The first kappa shape index (κ1) is 23.9. The number of rotatable bonds is 6. The van der Waals surface area contributed by atoms with Crippen LogP contribution in [0, 0.1) is 23.2 Å². The molecule has 3 N–H and O–H groups in total. The maximum atomic E-state index is 14.7. The molecule has 3 fully saturated rings. The molecular formula is C32H36N4O. The van der Waals surface area contributed by atoms with E-state index in [1.54, 1.807) is 0 Å². The zero-order valence-corrected chi connectivity index (χ0v) is 21.6. The Balaban J connectivity index is 1.47. The molecule has 5 atom stereocenters. The first-order valence-electron chi connectivity index (χ1n) is 13.6. The first-order chi connectivity index (χ1) is 18.0. The number of likely N-dealkylation sites (tertiary alicyclic amines) is 1. The van der Waals surface area contributed by atoms with E-state index in [1.165, 1.54) is 17.5 Å². The summed E-state index contributed by atoms with van der Waals surface area (Å²) >= 11 is 0. The molecule has 1 amide bonds. The van der Waals surface area contributed by atoms with Crippen LogP contribution in [-0.2, 0) is 4.79 Å². The summed E-state index contributed by atoms with van der Waals surface area (Å²) in [6.45, 7) is 5.61. The number of nitrogens with zero attached hydrogens (tertiary/aromatic N) is 2. The lowest BCUT2D eigenvalue weighted by Gasteiger charge is -2.40. The average molecular weight is 493 g/mol. The summed E-state index contributed by atoms with van der Waals surface area (Å²) in [6.07, 6.45) is 2.32. The number of fused-ring (bicyclic) bond motifs is 3. The Labute approximate surface area is 219 Å². The molecule has 0 spiro atoms. The lowest BCUT2D eigenvalue weighted by atomic mass is 9.78. The van der Waals surface area contributed by atoms with Gasteiger partial charge < -0.3 is 10.6 Å². The smallest absolute Gasteiger partial charge is 0.229 e. The second-order valence-electron chi connectivity index (χ2n) is 11.2. The quantitative estimate of drug-likeness (QED) is 0.358. The summed E-state index contributed by atoms with van der Waals surface area (Å²) in [4.78, 5) is 19.6. The molecule has 190 valence electrons. The molecule has 5 heteroatoms. The van der Waals surface area contributed by atoms with Crippen molar-refractivity contribution < 1.29 is 4.79 Å². The summed E-state index contributed by atoms with van der Waals surface area (Å²) in [6, 6.07) is 29.6. The van der Waals surface area contributed by atoms with E-state index in [2.05, 4.69) is 84.3 Å². The van der Waals surface area contributed by atoms with Gasteiger partial charge in [-0.15, -0.1) is 0 Å². The van der Waals surface area contributed by atoms with Crippen LogP contribution in [0.1, 0.15) is 61.0 Å². The van der Waals surface area contributed by atoms with Crippen LogP contribution in [0.5, 0.6) is 0 Å². The average Bonchev–Trinajstić information content (AvgIpc) is 3.58. The number of carbonyl (C=O) groups is 1. The number of benzene rings is 3.